The minimum Gasteiger partial charge on any atom is -0.364 e. The number of thioether (sulfide) groups is 1. The van der Waals surface area contributed by atoms with Gasteiger partial charge in [0.15, 0.2) is 5.96 Å². The van der Waals surface area contributed by atoms with E-state index >= 15 is 0 Å². The molecule has 0 aliphatic carbocycles. The predicted octanol–water partition coefficient (Wildman–Crippen LogP) is 3.63. The molecule has 1 unspecified atom stereocenters. The monoisotopic (exact) mass is 472 g/mol. The molecular formula is C19H29IN4S. The van der Waals surface area contributed by atoms with Crippen LogP contribution in [0.5, 0.6) is 0 Å². The van der Waals surface area contributed by atoms with E-state index in [1.165, 1.54) is 35.6 Å². The largest absolute Gasteiger partial charge is 0.364 e. The molecule has 1 aromatic rings. The van der Waals surface area contributed by atoms with E-state index < -0.39 is 0 Å². The summed E-state index contributed by atoms with van der Waals surface area (Å²) in [4.78, 5) is 7.17. The molecule has 1 fully saturated rings. The van der Waals surface area contributed by atoms with Crippen molar-refractivity contribution in [3.05, 3.63) is 42.0 Å². The van der Waals surface area contributed by atoms with Gasteiger partial charge in [-0.1, -0.05) is 24.3 Å². The summed E-state index contributed by atoms with van der Waals surface area (Å²) in [6, 6.07) is 9.29. The zero-order valence-electron chi connectivity index (χ0n) is 14.9. The predicted molar refractivity (Wildman–Crippen MR) is 122 cm³/mol. The maximum atomic E-state index is 4.80. The molecule has 6 heteroatoms. The van der Waals surface area contributed by atoms with E-state index in [0.29, 0.717) is 12.6 Å². The molecule has 1 saturated heterocycles. The van der Waals surface area contributed by atoms with Crippen LogP contribution in [-0.4, -0.2) is 43.1 Å². The molecule has 3 rings (SSSR count). The van der Waals surface area contributed by atoms with Crippen LogP contribution in [0.1, 0.15) is 25.3 Å². The molecule has 2 aliphatic heterocycles. The van der Waals surface area contributed by atoms with Crippen molar-refractivity contribution in [3.8, 4) is 0 Å². The average Bonchev–Trinajstić information content (AvgIpc) is 3.16. The molecule has 0 radical (unpaired) electrons. The molecule has 138 valence electrons. The number of hydrogen-bond donors (Lipinski definition) is 2. The summed E-state index contributed by atoms with van der Waals surface area (Å²) >= 11 is 2.04. The summed E-state index contributed by atoms with van der Waals surface area (Å²) in [5, 5.41) is 6.97. The van der Waals surface area contributed by atoms with Gasteiger partial charge in [-0.25, -0.2) is 4.99 Å². The third-order valence-electron chi connectivity index (χ3n) is 4.36. The quantitative estimate of drug-likeness (QED) is 0.297. The van der Waals surface area contributed by atoms with Crippen molar-refractivity contribution in [2.24, 2.45) is 4.99 Å². The van der Waals surface area contributed by atoms with Crippen LogP contribution in [0.2, 0.25) is 0 Å². The zero-order chi connectivity index (χ0) is 16.6. The highest BCUT2D eigenvalue weighted by Crippen LogP contribution is 2.19. The van der Waals surface area contributed by atoms with E-state index in [0.717, 1.165) is 25.6 Å². The number of rotatable bonds is 5. The number of guanidine groups is 1. The van der Waals surface area contributed by atoms with Crippen molar-refractivity contribution in [2.75, 3.05) is 36.0 Å². The normalized spacial score (nSPS) is 20.3. The van der Waals surface area contributed by atoms with Crippen molar-refractivity contribution >= 4 is 47.4 Å². The zero-order valence-corrected chi connectivity index (χ0v) is 18.1. The Kier molecular flexibility index (Phi) is 8.95. The molecule has 4 nitrogen and oxygen atoms in total. The van der Waals surface area contributed by atoms with Gasteiger partial charge < -0.3 is 15.5 Å². The molecule has 1 atom stereocenters. The minimum atomic E-state index is 0. The van der Waals surface area contributed by atoms with Crippen molar-refractivity contribution in [3.63, 3.8) is 0 Å². The summed E-state index contributed by atoms with van der Waals surface area (Å²) in [7, 11) is 0. The smallest absolute Gasteiger partial charge is 0.191 e. The maximum Gasteiger partial charge on any atom is 0.191 e. The molecule has 2 aliphatic rings. The summed E-state index contributed by atoms with van der Waals surface area (Å²) in [6.07, 6.45) is 6.99. The Balaban J connectivity index is 0.00000225. The molecule has 0 bridgehead atoms. The Labute approximate surface area is 172 Å². The fourth-order valence-electron chi connectivity index (χ4n) is 3.08. The van der Waals surface area contributed by atoms with Crippen molar-refractivity contribution in [1.82, 2.24) is 10.6 Å². The van der Waals surface area contributed by atoms with Gasteiger partial charge in [-0.15, -0.1) is 24.0 Å². The lowest BCUT2D eigenvalue weighted by Crippen LogP contribution is -2.45. The second kappa shape index (κ2) is 11.0. The van der Waals surface area contributed by atoms with E-state index in [4.69, 9.17) is 4.99 Å². The Morgan fingerprint density at radius 1 is 1.32 bits per heavy atom. The number of nitrogens with one attached hydrogen (secondary N) is 2. The van der Waals surface area contributed by atoms with Crippen LogP contribution in [0.15, 0.2) is 41.4 Å². The lowest BCUT2D eigenvalue weighted by molar-refractivity contribution is 0.582. The Bertz CT molecular complexity index is 577. The second-order valence-electron chi connectivity index (χ2n) is 6.30. The molecule has 0 amide bonds. The van der Waals surface area contributed by atoms with E-state index in [1.54, 1.807) is 0 Å². The summed E-state index contributed by atoms with van der Waals surface area (Å²) in [6.45, 7) is 5.75. The van der Waals surface area contributed by atoms with E-state index in [1.807, 2.05) is 11.8 Å². The Hall–Kier alpha value is -0.890. The van der Waals surface area contributed by atoms with Crippen LogP contribution >= 0.6 is 35.7 Å². The number of halogens is 1. The lowest BCUT2D eigenvalue weighted by Gasteiger charge is -2.24. The first-order valence-electron chi connectivity index (χ1n) is 8.96. The molecule has 2 N–H and O–H groups in total. The highest BCUT2D eigenvalue weighted by Gasteiger charge is 2.14. The first-order valence-corrected chi connectivity index (χ1v) is 10.1. The number of benzene rings is 1. The van der Waals surface area contributed by atoms with E-state index in [-0.39, 0.29) is 24.0 Å². The number of anilines is 1. The van der Waals surface area contributed by atoms with Crippen LogP contribution in [0.25, 0.3) is 0 Å². The molecule has 0 saturated carbocycles. The van der Waals surface area contributed by atoms with Crippen LogP contribution < -0.4 is 15.5 Å². The van der Waals surface area contributed by atoms with Crippen LogP contribution in [0, 0.1) is 0 Å². The standard InChI is InChI=1S/C19H28N4S.HI/c1-2-20-19(22-17-8-6-12-24-15-17)21-14-16-7-5-9-18(13-16)23-10-3-4-11-23;/h3-5,7,9,13,17H,2,6,8,10-12,14-15H2,1H3,(H2,20,21,22);1H. The van der Waals surface area contributed by atoms with Gasteiger partial charge in [0.2, 0.25) is 0 Å². The first kappa shape index (κ1) is 20.4. The van der Waals surface area contributed by atoms with E-state index in [9.17, 15) is 0 Å². The molecule has 0 aromatic heterocycles. The van der Waals surface area contributed by atoms with Gasteiger partial charge in [-0.05, 0) is 43.2 Å². The van der Waals surface area contributed by atoms with Gasteiger partial charge in [0.1, 0.15) is 0 Å². The Morgan fingerprint density at radius 3 is 2.88 bits per heavy atom. The highest BCUT2D eigenvalue weighted by molar-refractivity contribution is 14.0. The fraction of sp³-hybridized carbons (Fsp3) is 0.526. The van der Waals surface area contributed by atoms with Gasteiger partial charge in [-0.2, -0.15) is 11.8 Å². The van der Waals surface area contributed by atoms with Crippen molar-refractivity contribution in [2.45, 2.75) is 32.4 Å². The number of hydrogen-bond acceptors (Lipinski definition) is 3. The SMILES string of the molecule is CCNC(=NCc1cccc(N2CC=CC2)c1)NC1CCCSC1.I. The average molecular weight is 472 g/mol. The minimum absolute atomic E-state index is 0. The third-order valence-corrected chi connectivity index (χ3v) is 5.57. The van der Waals surface area contributed by atoms with Gasteiger partial charge in [0.05, 0.1) is 6.54 Å². The maximum absolute atomic E-state index is 4.80. The summed E-state index contributed by atoms with van der Waals surface area (Å²) in [5.41, 5.74) is 2.55. The van der Waals surface area contributed by atoms with Crippen LogP contribution in [0.3, 0.4) is 0 Å². The van der Waals surface area contributed by atoms with Crippen molar-refractivity contribution in [1.29, 1.82) is 0 Å². The lowest BCUT2D eigenvalue weighted by atomic mass is 10.2. The third kappa shape index (κ3) is 6.40. The fourth-order valence-corrected chi connectivity index (χ4v) is 4.15. The summed E-state index contributed by atoms with van der Waals surface area (Å²) in [5.74, 6) is 3.42. The van der Waals surface area contributed by atoms with Crippen LogP contribution in [-0.2, 0) is 6.54 Å². The number of nitrogens with zero attached hydrogens (tertiary/aromatic N) is 2. The number of aliphatic imine (C=N–C) groups is 1. The second-order valence-corrected chi connectivity index (χ2v) is 7.45. The van der Waals surface area contributed by atoms with Gasteiger partial charge in [-0.3, -0.25) is 0 Å². The van der Waals surface area contributed by atoms with Gasteiger partial charge in [0, 0.05) is 37.1 Å². The Morgan fingerprint density at radius 2 is 2.16 bits per heavy atom. The van der Waals surface area contributed by atoms with Gasteiger partial charge in [0.25, 0.3) is 0 Å². The molecule has 1 aromatic carbocycles. The molecule has 0 spiro atoms. The van der Waals surface area contributed by atoms with Gasteiger partial charge >= 0.3 is 0 Å². The topological polar surface area (TPSA) is 39.7 Å². The first-order chi connectivity index (χ1) is 11.8. The summed E-state index contributed by atoms with van der Waals surface area (Å²) < 4.78 is 0. The molecule has 25 heavy (non-hydrogen) atoms. The van der Waals surface area contributed by atoms with E-state index in [2.05, 4.69) is 58.9 Å². The highest BCUT2D eigenvalue weighted by atomic mass is 127. The van der Waals surface area contributed by atoms with Crippen LogP contribution in [0.4, 0.5) is 5.69 Å². The molecule has 2 heterocycles. The molecular weight excluding hydrogens is 443 g/mol. The van der Waals surface area contributed by atoms with Crippen molar-refractivity contribution < 1.29 is 0 Å².